The summed E-state index contributed by atoms with van der Waals surface area (Å²) in [5.41, 5.74) is -1.18. The average Bonchev–Trinajstić information content (AvgIpc) is 2.32. The van der Waals surface area contributed by atoms with Crippen LogP contribution >= 0.6 is 0 Å². The summed E-state index contributed by atoms with van der Waals surface area (Å²) in [5.74, 6) is 0. The van der Waals surface area contributed by atoms with Crippen LogP contribution < -0.4 is 11.2 Å². The van der Waals surface area contributed by atoms with Gasteiger partial charge in [-0.25, -0.2) is 4.79 Å². The number of aliphatic hydroxyl groups is 2. The zero-order valence-corrected chi connectivity index (χ0v) is 9.50. The van der Waals surface area contributed by atoms with Crippen LogP contribution in [0.1, 0.15) is 19.6 Å². The van der Waals surface area contributed by atoms with Crippen molar-refractivity contribution in [1.29, 1.82) is 0 Å². The molecule has 0 radical (unpaired) electrons. The maximum absolute atomic E-state index is 11.5. The third kappa shape index (κ3) is 3.52. The largest absolute Gasteiger partial charge is 0.394 e. The van der Waals surface area contributed by atoms with Gasteiger partial charge in [0.25, 0.3) is 5.56 Å². The van der Waals surface area contributed by atoms with Gasteiger partial charge in [0.1, 0.15) is 0 Å². The molecule has 1 aromatic heterocycles. The third-order valence-electron chi connectivity index (χ3n) is 2.33. The molecule has 2 atom stereocenters. The Morgan fingerprint density at radius 2 is 2.12 bits per heavy atom. The van der Waals surface area contributed by atoms with Gasteiger partial charge in [-0.05, 0) is 6.42 Å². The van der Waals surface area contributed by atoms with Gasteiger partial charge >= 0.3 is 5.69 Å². The molecule has 17 heavy (non-hydrogen) atoms. The number of hydrogen-bond acceptors (Lipinski definition) is 5. The van der Waals surface area contributed by atoms with Crippen LogP contribution in [0.3, 0.4) is 0 Å². The highest BCUT2D eigenvalue weighted by Crippen LogP contribution is 2.09. The van der Waals surface area contributed by atoms with E-state index < -0.39 is 30.2 Å². The molecule has 1 unspecified atom stereocenters. The van der Waals surface area contributed by atoms with Gasteiger partial charge < -0.3 is 14.9 Å². The van der Waals surface area contributed by atoms with Gasteiger partial charge in [-0.2, -0.15) is 0 Å². The fourth-order valence-corrected chi connectivity index (χ4v) is 1.34. The molecular formula is C10H16N2O5. The molecule has 0 aromatic carbocycles. The van der Waals surface area contributed by atoms with E-state index in [9.17, 15) is 9.59 Å². The zero-order valence-electron chi connectivity index (χ0n) is 9.50. The van der Waals surface area contributed by atoms with Crippen LogP contribution in [0.5, 0.6) is 0 Å². The molecule has 0 saturated carbocycles. The summed E-state index contributed by atoms with van der Waals surface area (Å²) in [6.07, 6.45) is 0.402. The van der Waals surface area contributed by atoms with Crippen LogP contribution in [0.2, 0.25) is 0 Å². The molecule has 1 rings (SSSR count). The first-order valence-corrected chi connectivity index (χ1v) is 5.31. The van der Waals surface area contributed by atoms with Crippen LogP contribution in [0.25, 0.3) is 0 Å². The molecule has 0 amide bonds. The van der Waals surface area contributed by atoms with Crippen LogP contribution in [0.15, 0.2) is 21.9 Å². The predicted molar refractivity (Wildman–Crippen MR) is 59.7 cm³/mol. The molecular weight excluding hydrogens is 228 g/mol. The fraction of sp³-hybridized carbons (Fsp3) is 0.600. The van der Waals surface area contributed by atoms with Crippen molar-refractivity contribution in [3.8, 4) is 0 Å². The molecule has 7 heteroatoms. The second-order valence-electron chi connectivity index (χ2n) is 3.50. The highest BCUT2D eigenvalue weighted by atomic mass is 16.5. The number of nitrogens with one attached hydrogen (secondary N) is 1. The van der Waals surface area contributed by atoms with Gasteiger partial charge in [-0.15, -0.1) is 0 Å². The smallest absolute Gasteiger partial charge is 0.330 e. The van der Waals surface area contributed by atoms with Crippen molar-refractivity contribution in [2.75, 3.05) is 13.2 Å². The molecule has 0 saturated heterocycles. The lowest BCUT2D eigenvalue weighted by Crippen LogP contribution is -2.36. The van der Waals surface area contributed by atoms with Gasteiger partial charge in [0.15, 0.2) is 6.23 Å². The van der Waals surface area contributed by atoms with E-state index in [0.29, 0.717) is 6.42 Å². The molecule has 7 nitrogen and oxygen atoms in total. The molecule has 3 N–H and O–H groups in total. The lowest BCUT2D eigenvalue weighted by atomic mass is 10.3. The number of rotatable bonds is 6. The monoisotopic (exact) mass is 244 g/mol. The Bertz CT molecular complexity index is 448. The SMILES string of the molecule is CC[C@H](CO)OC(CO)n1ccc(=O)[nH]c1=O. The minimum absolute atomic E-state index is 0.203. The predicted octanol–water partition coefficient (Wildman–Crippen LogP) is -1.19. The Balaban J connectivity index is 2.93. The first kappa shape index (κ1) is 13.6. The second-order valence-corrected chi connectivity index (χ2v) is 3.50. The minimum Gasteiger partial charge on any atom is -0.394 e. The van der Waals surface area contributed by atoms with E-state index >= 15 is 0 Å². The van der Waals surface area contributed by atoms with Crippen molar-refractivity contribution >= 4 is 0 Å². The Morgan fingerprint density at radius 1 is 1.41 bits per heavy atom. The van der Waals surface area contributed by atoms with Crippen molar-refractivity contribution in [2.45, 2.75) is 25.7 Å². The standard InChI is InChI=1S/C10H16N2O5/c1-2-7(5-13)17-9(6-14)12-4-3-8(15)11-10(12)16/h3-4,7,9,13-14H,2,5-6H2,1H3,(H,11,15,16)/t7-,9?/m1/s1. The summed E-state index contributed by atoms with van der Waals surface area (Å²) in [5, 5.41) is 18.1. The summed E-state index contributed by atoms with van der Waals surface area (Å²) in [4.78, 5) is 24.4. The van der Waals surface area contributed by atoms with E-state index in [1.807, 2.05) is 6.92 Å². The molecule has 0 spiro atoms. The van der Waals surface area contributed by atoms with Crippen LogP contribution in [0.4, 0.5) is 0 Å². The number of aliphatic hydroxyl groups excluding tert-OH is 2. The Hall–Kier alpha value is -1.44. The van der Waals surface area contributed by atoms with Gasteiger partial charge in [-0.1, -0.05) is 6.92 Å². The molecule has 96 valence electrons. The van der Waals surface area contributed by atoms with E-state index in [1.165, 1.54) is 6.20 Å². The number of aromatic amines is 1. The van der Waals surface area contributed by atoms with Crippen LogP contribution in [-0.2, 0) is 4.74 Å². The van der Waals surface area contributed by atoms with Gasteiger partial charge in [0, 0.05) is 12.3 Å². The van der Waals surface area contributed by atoms with Crippen molar-refractivity contribution in [3.63, 3.8) is 0 Å². The van der Waals surface area contributed by atoms with E-state index in [4.69, 9.17) is 14.9 Å². The summed E-state index contributed by atoms with van der Waals surface area (Å²) in [7, 11) is 0. The molecule has 0 fully saturated rings. The fourth-order valence-electron chi connectivity index (χ4n) is 1.34. The topological polar surface area (TPSA) is 105 Å². The van der Waals surface area contributed by atoms with E-state index in [0.717, 1.165) is 10.6 Å². The quantitative estimate of drug-likeness (QED) is 0.584. The molecule has 1 heterocycles. The summed E-state index contributed by atoms with van der Waals surface area (Å²) in [6, 6.07) is 1.16. The van der Waals surface area contributed by atoms with E-state index in [-0.39, 0.29) is 6.61 Å². The van der Waals surface area contributed by atoms with Crippen LogP contribution in [0, 0.1) is 0 Å². The average molecular weight is 244 g/mol. The molecule has 0 aliphatic carbocycles. The third-order valence-corrected chi connectivity index (χ3v) is 2.33. The lowest BCUT2D eigenvalue weighted by molar-refractivity contribution is -0.0991. The lowest BCUT2D eigenvalue weighted by Gasteiger charge is -2.22. The van der Waals surface area contributed by atoms with Gasteiger partial charge in [0.05, 0.1) is 19.3 Å². The summed E-state index contributed by atoms with van der Waals surface area (Å²) < 4.78 is 6.41. The van der Waals surface area contributed by atoms with Gasteiger partial charge in [-0.3, -0.25) is 14.3 Å². The minimum atomic E-state index is -0.920. The molecule has 0 aliphatic heterocycles. The number of nitrogens with zero attached hydrogens (tertiary/aromatic N) is 1. The Morgan fingerprint density at radius 3 is 2.59 bits per heavy atom. The maximum Gasteiger partial charge on any atom is 0.330 e. The Labute approximate surface area is 97.3 Å². The number of ether oxygens (including phenoxy) is 1. The Kier molecular flexibility index (Phi) is 5.08. The van der Waals surface area contributed by atoms with Crippen molar-refractivity contribution in [2.24, 2.45) is 0 Å². The summed E-state index contributed by atoms with van der Waals surface area (Å²) >= 11 is 0. The van der Waals surface area contributed by atoms with E-state index in [2.05, 4.69) is 4.98 Å². The molecule has 0 bridgehead atoms. The number of hydrogen-bond donors (Lipinski definition) is 3. The first-order valence-electron chi connectivity index (χ1n) is 5.31. The van der Waals surface area contributed by atoms with Crippen molar-refractivity contribution in [1.82, 2.24) is 9.55 Å². The first-order chi connectivity index (χ1) is 8.12. The highest BCUT2D eigenvalue weighted by molar-refractivity contribution is 4.84. The van der Waals surface area contributed by atoms with Crippen molar-refractivity contribution < 1.29 is 14.9 Å². The number of aromatic nitrogens is 2. The number of H-pyrrole nitrogens is 1. The second kappa shape index (κ2) is 6.33. The highest BCUT2D eigenvalue weighted by Gasteiger charge is 2.16. The van der Waals surface area contributed by atoms with E-state index in [1.54, 1.807) is 0 Å². The molecule has 0 aliphatic rings. The van der Waals surface area contributed by atoms with Gasteiger partial charge in [0.2, 0.25) is 0 Å². The van der Waals surface area contributed by atoms with Crippen molar-refractivity contribution in [3.05, 3.63) is 33.1 Å². The van der Waals surface area contributed by atoms with Crippen LogP contribution in [-0.4, -0.2) is 39.1 Å². The normalized spacial score (nSPS) is 14.5. The maximum atomic E-state index is 11.5. The molecule has 1 aromatic rings. The summed E-state index contributed by atoms with van der Waals surface area (Å²) in [6.45, 7) is 1.18. The zero-order chi connectivity index (χ0) is 12.8.